The molecule has 0 radical (unpaired) electrons. The fourth-order valence-corrected chi connectivity index (χ4v) is 7.76. The van der Waals surface area contributed by atoms with E-state index in [1.54, 1.807) is 20.8 Å². The van der Waals surface area contributed by atoms with Gasteiger partial charge in [-0.3, -0.25) is 18.7 Å². The largest absolute Gasteiger partial charge is 0.464 e. The molecule has 0 aliphatic carbocycles. The summed E-state index contributed by atoms with van der Waals surface area (Å²) in [4.78, 5) is 68.6. The minimum absolute atomic E-state index is 0.155. The first-order chi connectivity index (χ1) is 22.4. The van der Waals surface area contributed by atoms with E-state index < -0.39 is 69.8 Å². The van der Waals surface area contributed by atoms with Crippen molar-refractivity contribution in [2.24, 2.45) is 0 Å². The maximum absolute atomic E-state index is 14.2. The first kappa shape index (κ1) is 32.2. The average molecular weight is 662 g/mol. The van der Waals surface area contributed by atoms with Gasteiger partial charge in [-0.2, -0.15) is 0 Å². The zero-order valence-electron chi connectivity index (χ0n) is 26.2. The molecule has 0 saturated carbocycles. The summed E-state index contributed by atoms with van der Waals surface area (Å²) < 4.78 is 30.1. The number of allylic oxidation sites excluding steroid dienone is 1. The van der Waals surface area contributed by atoms with E-state index in [0.29, 0.717) is 23.1 Å². The molecule has 2 aromatic carbocycles. The summed E-state index contributed by atoms with van der Waals surface area (Å²) in [5.74, 6) is -2.57. The maximum Gasteiger partial charge on any atom is 0.408 e. The summed E-state index contributed by atoms with van der Waals surface area (Å²) in [5.41, 5.74) is 0.878. The molecular formula is C34H35N3O9S. The summed E-state index contributed by atoms with van der Waals surface area (Å²) in [7, 11) is -1.77. The Morgan fingerprint density at radius 1 is 1.02 bits per heavy atom. The highest BCUT2D eigenvalue weighted by Gasteiger charge is 2.58. The van der Waals surface area contributed by atoms with Crippen LogP contribution in [0.4, 0.5) is 4.79 Å². The van der Waals surface area contributed by atoms with Crippen LogP contribution in [-0.2, 0) is 44.2 Å². The second-order valence-electron chi connectivity index (χ2n) is 12.6. The zero-order chi connectivity index (χ0) is 33.5. The summed E-state index contributed by atoms with van der Waals surface area (Å²) in [6.07, 6.45) is 0.441. The minimum atomic E-state index is -1.77. The van der Waals surface area contributed by atoms with Crippen LogP contribution < -0.4 is 5.32 Å². The molecular weight excluding hydrogens is 626 g/mol. The summed E-state index contributed by atoms with van der Waals surface area (Å²) in [6.45, 7) is 5.53. The first-order valence-corrected chi connectivity index (χ1v) is 16.7. The number of rotatable bonds is 7. The molecule has 0 spiro atoms. The van der Waals surface area contributed by atoms with Gasteiger partial charge in [0.1, 0.15) is 28.8 Å². The van der Waals surface area contributed by atoms with E-state index in [0.717, 1.165) is 4.90 Å². The smallest absolute Gasteiger partial charge is 0.408 e. The number of esters is 2. The predicted octanol–water partition coefficient (Wildman–Crippen LogP) is 2.87. The van der Waals surface area contributed by atoms with Crippen LogP contribution in [0.3, 0.4) is 0 Å². The lowest BCUT2D eigenvalue weighted by Crippen LogP contribution is -2.73. The number of ether oxygens (including phenoxy) is 3. The molecule has 4 atom stereocenters. The number of nitrogens with zero attached hydrogens (tertiary/aromatic N) is 2. The van der Waals surface area contributed by atoms with E-state index in [9.17, 15) is 28.2 Å². The zero-order valence-corrected chi connectivity index (χ0v) is 27.0. The Bertz CT molecular complexity index is 1660. The van der Waals surface area contributed by atoms with Crippen LogP contribution in [0.25, 0.3) is 0 Å². The van der Waals surface area contributed by atoms with Gasteiger partial charge in [0.05, 0.1) is 23.2 Å². The first-order valence-electron chi connectivity index (χ1n) is 15.3. The molecule has 4 heterocycles. The molecule has 246 valence electrons. The standard InChI is InChI=1S/C34H35N3O9S/c1-34(2,3)46-33(42)35-25-29(39)37-26(32(41)45-27(20-10-6-4-7-11-20)21-12-8-5-9-13-21)23(19-47(43)30(25)37)18-22-14-16-36(28(22)38)24-15-17-44-31(24)40/h4-13,18,24-25,27,30H,14-17,19H2,1-3H3,(H,35,42)/b22-18+. The lowest BCUT2D eigenvalue weighted by molar-refractivity contribution is -0.153. The molecule has 4 unspecified atom stereocenters. The molecule has 3 saturated heterocycles. The van der Waals surface area contributed by atoms with Gasteiger partial charge >= 0.3 is 18.0 Å². The van der Waals surface area contributed by atoms with E-state index in [1.807, 2.05) is 60.7 Å². The van der Waals surface area contributed by atoms with Gasteiger partial charge in [-0.15, -0.1) is 0 Å². The van der Waals surface area contributed by atoms with Gasteiger partial charge in [0.15, 0.2) is 6.10 Å². The SMILES string of the molecule is CC(C)(C)OC(=O)NC1C(=O)N2C(C(=O)OC(c3ccccc3)c3ccccc3)=C(/C=C3\CCN(C4CCOC4=O)C3=O)CS(=O)C12. The summed E-state index contributed by atoms with van der Waals surface area (Å²) in [5, 5.41) is 1.44. The van der Waals surface area contributed by atoms with Gasteiger partial charge in [0, 0.05) is 18.5 Å². The normalized spacial score (nSPS) is 25.1. The molecule has 13 heteroatoms. The fourth-order valence-electron chi connectivity index (χ4n) is 6.13. The minimum Gasteiger partial charge on any atom is -0.464 e. The topological polar surface area (TPSA) is 149 Å². The van der Waals surface area contributed by atoms with Gasteiger partial charge in [0.25, 0.3) is 11.8 Å². The number of benzene rings is 2. The molecule has 6 rings (SSSR count). The molecule has 47 heavy (non-hydrogen) atoms. The van der Waals surface area contributed by atoms with Crippen LogP contribution >= 0.6 is 0 Å². The van der Waals surface area contributed by atoms with Gasteiger partial charge in [-0.25, -0.2) is 14.4 Å². The highest BCUT2D eigenvalue weighted by Crippen LogP contribution is 2.39. The maximum atomic E-state index is 14.2. The van der Waals surface area contributed by atoms with E-state index in [1.165, 1.54) is 11.0 Å². The molecule has 0 aromatic heterocycles. The van der Waals surface area contributed by atoms with Crippen LogP contribution in [0.15, 0.2) is 83.6 Å². The molecule has 12 nitrogen and oxygen atoms in total. The number of nitrogens with one attached hydrogen (secondary N) is 1. The highest BCUT2D eigenvalue weighted by atomic mass is 32.2. The molecule has 3 fully saturated rings. The van der Waals surface area contributed by atoms with Crippen LogP contribution in [0.5, 0.6) is 0 Å². The highest BCUT2D eigenvalue weighted by molar-refractivity contribution is 7.86. The van der Waals surface area contributed by atoms with E-state index in [2.05, 4.69) is 5.32 Å². The fraction of sp³-hybridized carbons (Fsp3) is 0.382. The van der Waals surface area contributed by atoms with E-state index in [4.69, 9.17) is 14.2 Å². The number of likely N-dealkylation sites (tertiary alicyclic amines) is 1. The number of cyclic esters (lactones) is 1. The number of hydrogen-bond donors (Lipinski definition) is 1. The number of amides is 3. The molecule has 3 amide bonds. The number of β-lactam (4-membered cyclic amide) rings is 1. The van der Waals surface area contributed by atoms with Crippen LogP contribution in [-0.4, -0.2) is 85.8 Å². The third-order valence-corrected chi connectivity index (χ3v) is 9.86. The number of fused-ring (bicyclic) bond motifs is 1. The lowest BCUT2D eigenvalue weighted by Gasteiger charge is -2.49. The third-order valence-electron chi connectivity index (χ3n) is 8.24. The summed E-state index contributed by atoms with van der Waals surface area (Å²) >= 11 is 0. The lowest BCUT2D eigenvalue weighted by atomic mass is 10.00. The molecule has 0 bridgehead atoms. The van der Waals surface area contributed by atoms with Crippen molar-refractivity contribution in [2.75, 3.05) is 18.9 Å². The van der Waals surface area contributed by atoms with Gasteiger partial charge in [-0.05, 0) is 50.0 Å². The number of alkyl carbamates (subject to hydrolysis) is 1. The molecule has 1 N–H and O–H groups in total. The van der Waals surface area contributed by atoms with Crippen molar-refractivity contribution < 1.29 is 42.4 Å². The Hall–Kier alpha value is -4.78. The van der Waals surface area contributed by atoms with Crippen LogP contribution in [0.1, 0.15) is 50.8 Å². The Balaban J connectivity index is 1.36. The molecule has 4 aliphatic rings. The average Bonchev–Trinajstić information content (AvgIpc) is 3.62. The second kappa shape index (κ2) is 12.8. The third kappa shape index (κ3) is 6.44. The number of hydrogen-bond acceptors (Lipinski definition) is 9. The monoisotopic (exact) mass is 661 g/mol. The molecule has 2 aromatic rings. The second-order valence-corrected chi connectivity index (χ2v) is 14.2. The quantitative estimate of drug-likeness (QED) is 0.205. The summed E-state index contributed by atoms with van der Waals surface area (Å²) in [6, 6.07) is 16.3. The predicted molar refractivity (Wildman–Crippen MR) is 168 cm³/mol. The Morgan fingerprint density at radius 2 is 1.66 bits per heavy atom. The van der Waals surface area contributed by atoms with Crippen molar-refractivity contribution >= 4 is 40.6 Å². The van der Waals surface area contributed by atoms with Crippen LogP contribution in [0, 0.1) is 0 Å². The van der Waals surface area contributed by atoms with E-state index in [-0.39, 0.29) is 36.6 Å². The van der Waals surface area contributed by atoms with Crippen molar-refractivity contribution in [3.8, 4) is 0 Å². The number of carbonyl (C=O) groups is 5. The Morgan fingerprint density at radius 3 is 2.23 bits per heavy atom. The number of carbonyl (C=O) groups excluding carboxylic acids is 5. The molecule has 4 aliphatic heterocycles. The van der Waals surface area contributed by atoms with Crippen molar-refractivity contribution in [3.63, 3.8) is 0 Å². The van der Waals surface area contributed by atoms with Gasteiger partial charge < -0.3 is 24.4 Å². The van der Waals surface area contributed by atoms with Crippen molar-refractivity contribution in [1.82, 2.24) is 15.1 Å². The van der Waals surface area contributed by atoms with E-state index >= 15 is 0 Å². The van der Waals surface area contributed by atoms with Gasteiger partial charge in [0.2, 0.25) is 0 Å². The van der Waals surface area contributed by atoms with Crippen molar-refractivity contribution in [1.29, 1.82) is 0 Å². The Labute approximate surface area is 274 Å². The van der Waals surface area contributed by atoms with Crippen molar-refractivity contribution in [2.45, 2.75) is 62.8 Å². The van der Waals surface area contributed by atoms with Gasteiger partial charge in [-0.1, -0.05) is 60.7 Å². The Kier molecular flexibility index (Phi) is 8.75. The van der Waals surface area contributed by atoms with Crippen LogP contribution in [0.2, 0.25) is 0 Å². The van der Waals surface area contributed by atoms with Crippen molar-refractivity contribution in [3.05, 3.63) is 94.7 Å².